The van der Waals surface area contributed by atoms with Gasteiger partial charge in [0, 0.05) is 12.0 Å². The van der Waals surface area contributed by atoms with Crippen LogP contribution in [-0.4, -0.2) is 31.3 Å². The Kier molecular flexibility index (Phi) is 4.68. The molecule has 0 aliphatic rings. The van der Waals surface area contributed by atoms with Crippen LogP contribution in [0.1, 0.15) is 18.3 Å². The molecule has 112 valence electrons. The van der Waals surface area contributed by atoms with Crippen LogP contribution in [0, 0.1) is 0 Å². The number of phenols is 2. The fourth-order valence-corrected chi connectivity index (χ4v) is 2.67. The molecule has 1 heterocycles. The molecule has 0 saturated heterocycles. The van der Waals surface area contributed by atoms with Crippen molar-refractivity contribution in [3.8, 4) is 11.5 Å². The molecule has 2 aromatic rings. The van der Waals surface area contributed by atoms with Crippen LogP contribution in [0.4, 0.5) is 5.95 Å². The number of nitrogens with two attached hydrogens (primary N) is 1. The van der Waals surface area contributed by atoms with Crippen molar-refractivity contribution < 1.29 is 10.2 Å². The van der Waals surface area contributed by atoms with Gasteiger partial charge in [-0.05, 0) is 37.9 Å². The van der Waals surface area contributed by atoms with Gasteiger partial charge in [-0.15, -0.1) is 10.2 Å². The maximum Gasteiger partial charge on any atom is 0.263 e. The van der Waals surface area contributed by atoms with Crippen LogP contribution >= 0.6 is 31.9 Å². The van der Waals surface area contributed by atoms with Crippen LogP contribution in [-0.2, 0) is 6.42 Å². The van der Waals surface area contributed by atoms with E-state index >= 15 is 0 Å². The Bertz CT molecular complexity index is 701. The van der Waals surface area contributed by atoms with Crippen molar-refractivity contribution in [3.63, 3.8) is 0 Å². The molecular formula is C11H12Br2N6O2. The molecule has 8 nitrogen and oxygen atoms in total. The first-order valence-corrected chi connectivity index (χ1v) is 7.42. The van der Waals surface area contributed by atoms with Crippen molar-refractivity contribution in [1.82, 2.24) is 14.9 Å². The van der Waals surface area contributed by atoms with Gasteiger partial charge in [-0.25, -0.2) is 10.1 Å². The van der Waals surface area contributed by atoms with E-state index in [4.69, 9.17) is 5.84 Å². The van der Waals surface area contributed by atoms with Crippen molar-refractivity contribution >= 4 is 44.0 Å². The monoisotopic (exact) mass is 418 g/mol. The van der Waals surface area contributed by atoms with Crippen LogP contribution < -0.4 is 11.3 Å². The Hall–Kier alpha value is -1.81. The summed E-state index contributed by atoms with van der Waals surface area (Å²) in [6, 6.07) is 1.52. The number of nitrogens with one attached hydrogen (secondary N) is 1. The lowest BCUT2D eigenvalue weighted by Crippen LogP contribution is -2.14. The number of aryl methyl sites for hydroxylation is 1. The molecule has 1 aromatic heterocycles. The Morgan fingerprint density at radius 3 is 2.71 bits per heavy atom. The molecule has 0 bridgehead atoms. The number of nitrogen functional groups attached to an aromatic ring is 1. The number of hydrogen-bond donors (Lipinski definition) is 4. The summed E-state index contributed by atoms with van der Waals surface area (Å²) in [5.74, 6) is 6.42. The second-order valence-corrected chi connectivity index (χ2v) is 5.64. The minimum atomic E-state index is -0.135. The molecular weight excluding hydrogens is 408 g/mol. The largest absolute Gasteiger partial charge is 0.506 e. The summed E-state index contributed by atoms with van der Waals surface area (Å²) in [7, 11) is 0. The topological polar surface area (TPSA) is 122 Å². The third-order valence-electron chi connectivity index (χ3n) is 2.65. The van der Waals surface area contributed by atoms with Gasteiger partial charge in [-0.1, -0.05) is 6.92 Å². The van der Waals surface area contributed by atoms with E-state index in [9.17, 15) is 10.2 Å². The van der Waals surface area contributed by atoms with Crippen LogP contribution in [0.15, 0.2) is 20.1 Å². The maximum atomic E-state index is 9.89. The second-order valence-electron chi connectivity index (χ2n) is 3.99. The number of hydrazone groups is 1. The zero-order chi connectivity index (χ0) is 15.6. The molecule has 0 saturated carbocycles. The van der Waals surface area contributed by atoms with Gasteiger partial charge in [-0.2, -0.15) is 5.10 Å². The third kappa shape index (κ3) is 3.10. The van der Waals surface area contributed by atoms with Gasteiger partial charge >= 0.3 is 0 Å². The molecule has 0 spiro atoms. The van der Waals surface area contributed by atoms with Crippen molar-refractivity contribution in [2.24, 2.45) is 5.10 Å². The fourth-order valence-electron chi connectivity index (χ4n) is 1.52. The minimum Gasteiger partial charge on any atom is -0.506 e. The lowest BCUT2D eigenvalue weighted by atomic mass is 10.2. The van der Waals surface area contributed by atoms with Crippen molar-refractivity contribution in [1.29, 1.82) is 0 Å². The first kappa shape index (κ1) is 15.6. The predicted molar refractivity (Wildman–Crippen MR) is 85.9 cm³/mol. The summed E-state index contributed by atoms with van der Waals surface area (Å²) in [4.78, 5) is 0. The van der Waals surface area contributed by atoms with Gasteiger partial charge in [-0.3, -0.25) is 0 Å². The molecule has 1 aromatic carbocycles. The van der Waals surface area contributed by atoms with Gasteiger partial charge in [0.05, 0.1) is 10.7 Å². The highest BCUT2D eigenvalue weighted by Gasteiger charge is 2.13. The number of rotatable bonds is 4. The van der Waals surface area contributed by atoms with E-state index in [0.717, 1.165) is 0 Å². The highest BCUT2D eigenvalue weighted by molar-refractivity contribution is 9.11. The van der Waals surface area contributed by atoms with Crippen molar-refractivity contribution in [2.45, 2.75) is 13.3 Å². The minimum absolute atomic E-state index is 0.0908. The SMILES string of the molecule is CCc1nnc(N/N=C/c2cc(Br)c(O)c(Br)c2O)n1N. The summed E-state index contributed by atoms with van der Waals surface area (Å²) < 4.78 is 1.89. The normalized spacial score (nSPS) is 11.2. The van der Waals surface area contributed by atoms with Crippen LogP contribution in [0.25, 0.3) is 0 Å². The van der Waals surface area contributed by atoms with Crippen molar-refractivity contribution in [3.05, 3.63) is 26.4 Å². The number of hydrogen-bond acceptors (Lipinski definition) is 7. The first-order valence-electron chi connectivity index (χ1n) is 5.84. The lowest BCUT2D eigenvalue weighted by Gasteiger charge is -2.06. The third-order valence-corrected chi connectivity index (χ3v) is 4.00. The van der Waals surface area contributed by atoms with E-state index in [1.807, 2.05) is 6.92 Å². The van der Waals surface area contributed by atoms with E-state index in [2.05, 4.69) is 52.6 Å². The highest BCUT2D eigenvalue weighted by Crippen LogP contribution is 2.40. The number of nitrogens with zero attached hydrogens (tertiary/aromatic N) is 4. The Morgan fingerprint density at radius 2 is 2.10 bits per heavy atom. The van der Waals surface area contributed by atoms with Gasteiger partial charge in [0.25, 0.3) is 5.95 Å². The van der Waals surface area contributed by atoms with E-state index in [1.165, 1.54) is 17.0 Å². The summed E-state index contributed by atoms with van der Waals surface area (Å²) in [5, 5.41) is 31.2. The van der Waals surface area contributed by atoms with Gasteiger partial charge < -0.3 is 16.1 Å². The number of benzene rings is 1. The highest BCUT2D eigenvalue weighted by atomic mass is 79.9. The summed E-state index contributed by atoms with van der Waals surface area (Å²) in [5.41, 5.74) is 3.01. The summed E-state index contributed by atoms with van der Waals surface area (Å²) in [6.07, 6.45) is 2.01. The van der Waals surface area contributed by atoms with Gasteiger partial charge in [0.2, 0.25) is 0 Å². The van der Waals surface area contributed by atoms with E-state index in [-0.39, 0.29) is 21.9 Å². The molecule has 0 atom stereocenters. The second kappa shape index (κ2) is 6.31. The van der Waals surface area contributed by atoms with Gasteiger partial charge in [0.15, 0.2) is 5.82 Å². The number of aromatic nitrogens is 3. The smallest absolute Gasteiger partial charge is 0.263 e. The molecule has 0 radical (unpaired) electrons. The van der Waals surface area contributed by atoms with E-state index in [1.54, 1.807) is 0 Å². The quantitative estimate of drug-likeness (QED) is 0.341. The fraction of sp³-hybridized carbons (Fsp3) is 0.182. The zero-order valence-electron chi connectivity index (χ0n) is 10.9. The predicted octanol–water partition coefficient (Wildman–Crippen LogP) is 1.94. The van der Waals surface area contributed by atoms with Crippen LogP contribution in [0.2, 0.25) is 0 Å². The number of halogens is 2. The summed E-state index contributed by atoms with van der Waals surface area (Å²) >= 11 is 6.26. The average molecular weight is 420 g/mol. The van der Waals surface area contributed by atoms with Crippen LogP contribution in [0.3, 0.4) is 0 Å². The van der Waals surface area contributed by atoms with Crippen LogP contribution in [0.5, 0.6) is 11.5 Å². The molecule has 10 heteroatoms. The molecule has 0 aliphatic heterocycles. The van der Waals surface area contributed by atoms with E-state index in [0.29, 0.717) is 22.3 Å². The Balaban J connectivity index is 2.20. The molecule has 21 heavy (non-hydrogen) atoms. The van der Waals surface area contributed by atoms with Gasteiger partial charge in [0.1, 0.15) is 16.0 Å². The first-order chi connectivity index (χ1) is 9.95. The lowest BCUT2D eigenvalue weighted by molar-refractivity contribution is 0.442. The number of aromatic hydroxyl groups is 2. The number of phenolic OH excluding ortho intramolecular Hbond substituents is 2. The summed E-state index contributed by atoms with van der Waals surface area (Å²) in [6.45, 7) is 1.91. The Labute approximate surface area is 136 Å². The van der Waals surface area contributed by atoms with E-state index < -0.39 is 0 Å². The zero-order valence-corrected chi connectivity index (χ0v) is 14.1. The molecule has 0 amide bonds. The Morgan fingerprint density at radius 1 is 1.38 bits per heavy atom. The molecule has 0 fully saturated rings. The maximum absolute atomic E-state index is 9.89. The molecule has 5 N–H and O–H groups in total. The molecule has 0 unspecified atom stereocenters. The molecule has 0 aliphatic carbocycles. The molecule has 2 rings (SSSR count). The average Bonchev–Trinajstić information content (AvgIpc) is 2.82. The van der Waals surface area contributed by atoms with Crippen molar-refractivity contribution in [2.75, 3.05) is 11.3 Å². The number of anilines is 1. The standard InChI is InChI=1S/C11H12Br2N6O2/c1-2-7-16-18-11(19(7)14)17-15-4-5-3-6(12)10(21)8(13)9(5)20/h3-4,20-21H,2,14H2,1H3,(H,17,18)/b15-4+.